The van der Waals surface area contributed by atoms with Gasteiger partial charge in [-0.3, -0.25) is 0 Å². The van der Waals surface area contributed by atoms with Crippen molar-refractivity contribution in [1.82, 2.24) is 9.97 Å². The zero-order valence-electron chi connectivity index (χ0n) is 17.5. The first-order chi connectivity index (χ1) is 15.3. The van der Waals surface area contributed by atoms with Gasteiger partial charge in [0.25, 0.3) is 0 Å². The fourth-order valence-electron chi connectivity index (χ4n) is 4.11. The van der Waals surface area contributed by atoms with Gasteiger partial charge in [-0.15, -0.1) is 0 Å². The Morgan fingerprint density at radius 1 is 1.03 bits per heavy atom. The molecule has 1 aromatic carbocycles. The molecule has 2 atom stereocenters. The van der Waals surface area contributed by atoms with E-state index in [1.165, 1.54) is 18.3 Å². The van der Waals surface area contributed by atoms with E-state index in [-0.39, 0.29) is 24.0 Å². The quantitative estimate of drug-likeness (QED) is 0.448. The van der Waals surface area contributed by atoms with E-state index in [4.69, 9.17) is 5.73 Å². The molecule has 1 saturated heterocycles. The van der Waals surface area contributed by atoms with Crippen molar-refractivity contribution in [3.8, 4) is 11.3 Å². The molecule has 0 saturated carbocycles. The van der Waals surface area contributed by atoms with Crippen LogP contribution in [-0.4, -0.2) is 29.1 Å². The summed E-state index contributed by atoms with van der Waals surface area (Å²) in [6, 6.07) is 7.39. The molecule has 4 rings (SSSR count). The van der Waals surface area contributed by atoms with Crippen molar-refractivity contribution in [2.24, 2.45) is 11.7 Å². The summed E-state index contributed by atoms with van der Waals surface area (Å²) in [6.07, 6.45) is 2.28. The van der Waals surface area contributed by atoms with E-state index in [0.29, 0.717) is 18.2 Å². The van der Waals surface area contributed by atoms with E-state index in [0.717, 1.165) is 31.2 Å². The first-order valence-corrected chi connectivity index (χ1v) is 10.3. The van der Waals surface area contributed by atoms with Crippen LogP contribution in [0.25, 0.3) is 11.3 Å². The highest BCUT2D eigenvalue weighted by Gasteiger charge is 2.25. The summed E-state index contributed by atoms with van der Waals surface area (Å²) in [6.45, 7) is 3.38. The van der Waals surface area contributed by atoms with Gasteiger partial charge in [0, 0.05) is 25.3 Å². The number of pyridine rings is 2. The lowest BCUT2D eigenvalue weighted by atomic mass is 9.96. The van der Waals surface area contributed by atoms with Crippen LogP contribution in [0, 0.1) is 29.3 Å². The molecule has 3 aromatic rings. The highest BCUT2D eigenvalue weighted by molar-refractivity contribution is 5.70. The Balaban J connectivity index is 1.61. The van der Waals surface area contributed by atoms with Gasteiger partial charge < -0.3 is 16.0 Å². The Hall–Kier alpha value is -3.20. The molecule has 1 aliphatic heterocycles. The monoisotopic (exact) mass is 445 g/mol. The third-order valence-electron chi connectivity index (χ3n) is 5.47. The van der Waals surface area contributed by atoms with Crippen molar-refractivity contribution in [3.05, 3.63) is 71.7 Å². The molecule has 3 heterocycles. The molecule has 32 heavy (non-hydrogen) atoms. The van der Waals surface area contributed by atoms with Crippen LogP contribution in [0.15, 0.2) is 42.6 Å². The lowest BCUT2D eigenvalue weighted by Crippen LogP contribution is -2.46. The van der Waals surface area contributed by atoms with Crippen LogP contribution in [0.3, 0.4) is 0 Å². The highest BCUT2D eigenvalue weighted by Crippen LogP contribution is 2.32. The molecule has 0 amide bonds. The van der Waals surface area contributed by atoms with Gasteiger partial charge >= 0.3 is 0 Å². The molecule has 168 valence electrons. The Morgan fingerprint density at radius 2 is 1.78 bits per heavy atom. The zero-order valence-corrected chi connectivity index (χ0v) is 17.5. The Labute approximate surface area is 183 Å². The summed E-state index contributed by atoms with van der Waals surface area (Å²) >= 11 is 0. The first-order valence-electron chi connectivity index (χ1n) is 10.3. The minimum atomic E-state index is -0.919. The summed E-state index contributed by atoms with van der Waals surface area (Å²) in [5, 5.41) is 2.96. The van der Waals surface area contributed by atoms with Gasteiger partial charge in [-0.2, -0.15) is 4.39 Å². The zero-order chi connectivity index (χ0) is 22.8. The minimum absolute atomic E-state index is 0.00554. The molecular formula is C23H23F4N5. The number of piperidine rings is 1. The third kappa shape index (κ3) is 4.52. The molecule has 0 aliphatic carbocycles. The normalized spacial score (nSPS) is 18.6. The molecule has 0 spiro atoms. The van der Waals surface area contributed by atoms with Gasteiger partial charge in [0.15, 0.2) is 0 Å². The van der Waals surface area contributed by atoms with E-state index < -0.39 is 34.7 Å². The summed E-state index contributed by atoms with van der Waals surface area (Å²) in [7, 11) is 0. The molecule has 2 aromatic heterocycles. The van der Waals surface area contributed by atoms with E-state index in [2.05, 4.69) is 22.2 Å². The summed E-state index contributed by atoms with van der Waals surface area (Å²) in [5.41, 5.74) is 6.21. The van der Waals surface area contributed by atoms with Crippen molar-refractivity contribution in [2.45, 2.75) is 25.9 Å². The highest BCUT2D eigenvalue weighted by atomic mass is 19.1. The molecule has 9 heteroatoms. The lowest BCUT2D eigenvalue weighted by Gasteiger charge is -2.37. The van der Waals surface area contributed by atoms with Crippen LogP contribution in [0.5, 0.6) is 0 Å². The van der Waals surface area contributed by atoms with Crippen LogP contribution in [0.2, 0.25) is 0 Å². The number of nitrogens with two attached hydrogens (primary N) is 1. The van der Waals surface area contributed by atoms with Crippen LogP contribution in [-0.2, 0) is 6.54 Å². The van der Waals surface area contributed by atoms with Crippen molar-refractivity contribution < 1.29 is 17.6 Å². The summed E-state index contributed by atoms with van der Waals surface area (Å²) in [5.74, 6) is -3.05. The first kappa shape index (κ1) is 22.0. The number of anilines is 2. The number of rotatable bonds is 5. The van der Waals surface area contributed by atoms with Crippen LogP contribution < -0.4 is 16.0 Å². The topological polar surface area (TPSA) is 67.1 Å². The Morgan fingerprint density at radius 3 is 2.50 bits per heavy atom. The molecule has 0 bridgehead atoms. The molecule has 1 fully saturated rings. The minimum Gasteiger partial charge on any atom is -0.374 e. The second-order valence-corrected chi connectivity index (χ2v) is 8.09. The van der Waals surface area contributed by atoms with Crippen LogP contribution in [0.1, 0.15) is 19.0 Å². The fourth-order valence-corrected chi connectivity index (χ4v) is 4.11. The van der Waals surface area contributed by atoms with E-state index >= 15 is 0 Å². The number of benzene rings is 1. The number of hydrogen-bond donors (Lipinski definition) is 2. The van der Waals surface area contributed by atoms with Gasteiger partial charge in [0.2, 0.25) is 5.95 Å². The van der Waals surface area contributed by atoms with Crippen molar-refractivity contribution in [2.75, 3.05) is 23.3 Å². The summed E-state index contributed by atoms with van der Waals surface area (Å²) in [4.78, 5) is 9.81. The van der Waals surface area contributed by atoms with Crippen molar-refractivity contribution >= 4 is 11.4 Å². The predicted octanol–water partition coefficient (Wildman–Crippen LogP) is 4.49. The molecule has 5 nitrogen and oxygen atoms in total. The molecule has 3 N–H and O–H groups in total. The number of nitrogens with one attached hydrogen (secondary N) is 1. The predicted molar refractivity (Wildman–Crippen MR) is 115 cm³/mol. The van der Waals surface area contributed by atoms with Gasteiger partial charge in [0.05, 0.1) is 23.5 Å². The average Bonchev–Trinajstić information content (AvgIpc) is 2.73. The van der Waals surface area contributed by atoms with Crippen molar-refractivity contribution in [1.29, 1.82) is 0 Å². The van der Waals surface area contributed by atoms with Gasteiger partial charge in [-0.1, -0.05) is 13.0 Å². The van der Waals surface area contributed by atoms with Crippen LogP contribution in [0.4, 0.5) is 28.9 Å². The third-order valence-corrected chi connectivity index (χ3v) is 5.47. The average molecular weight is 445 g/mol. The number of aromatic nitrogens is 2. The number of halogens is 4. The maximum absolute atomic E-state index is 14.6. The van der Waals surface area contributed by atoms with Gasteiger partial charge in [-0.05, 0) is 42.7 Å². The second-order valence-electron chi connectivity index (χ2n) is 8.09. The largest absolute Gasteiger partial charge is 0.374 e. The van der Waals surface area contributed by atoms with E-state index in [9.17, 15) is 17.6 Å². The lowest BCUT2D eigenvalue weighted by molar-refractivity contribution is 0.401. The van der Waals surface area contributed by atoms with E-state index in [1.54, 1.807) is 6.07 Å². The standard InChI is InChI=1S/C23H23F4N5/c1-13-9-14(28)12-32(11-13)19-7-8-29-23(27)22(19)30-10-15-5-6-18(26)21(31-15)20-16(24)3-2-4-17(20)25/h2-8,13-14,30H,9-12,28H2,1H3. The summed E-state index contributed by atoms with van der Waals surface area (Å²) < 4.78 is 57.2. The smallest absolute Gasteiger partial charge is 0.238 e. The molecular weight excluding hydrogens is 422 g/mol. The maximum atomic E-state index is 14.6. The Bertz CT molecular complexity index is 1090. The molecule has 0 radical (unpaired) electrons. The number of nitrogens with zero attached hydrogens (tertiary/aromatic N) is 3. The fraction of sp³-hybridized carbons (Fsp3) is 0.304. The van der Waals surface area contributed by atoms with Crippen LogP contribution >= 0.6 is 0 Å². The van der Waals surface area contributed by atoms with Crippen molar-refractivity contribution in [3.63, 3.8) is 0 Å². The number of hydrogen-bond acceptors (Lipinski definition) is 5. The SMILES string of the molecule is CC1CC(N)CN(c2ccnc(F)c2NCc2ccc(F)c(-c3c(F)cccc3F)n2)C1. The maximum Gasteiger partial charge on any atom is 0.238 e. The van der Waals surface area contributed by atoms with Gasteiger partial charge in [-0.25, -0.2) is 23.1 Å². The van der Waals surface area contributed by atoms with Gasteiger partial charge in [0.1, 0.15) is 28.8 Å². The van der Waals surface area contributed by atoms with E-state index in [1.807, 2.05) is 4.90 Å². The molecule has 2 unspecified atom stereocenters. The molecule has 1 aliphatic rings. The second kappa shape index (κ2) is 9.12. The Kier molecular flexibility index (Phi) is 6.27.